The topological polar surface area (TPSA) is 58.6 Å². The molecule has 1 aliphatic heterocycles. The van der Waals surface area contributed by atoms with Crippen LogP contribution in [-0.4, -0.2) is 43.5 Å². The third-order valence-electron chi connectivity index (χ3n) is 4.85. The molecule has 148 valence electrons. The lowest BCUT2D eigenvalue weighted by atomic mass is 9.95. The second kappa shape index (κ2) is 11.0. The Morgan fingerprint density at radius 1 is 1.30 bits per heavy atom. The number of piperidine rings is 1. The van der Waals surface area contributed by atoms with Crippen LogP contribution in [0.15, 0.2) is 24.3 Å². The van der Waals surface area contributed by atoms with E-state index in [-0.39, 0.29) is 17.7 Å². The van der Waals surface area contributed by atoms with Crippen LogP contribution < -0.4 is 10.1 Å². The number of unbranched alkanes of at least 4 members (excludes halogenated alkanes) is 2. The summed E-state index contributed by atoms with van der Waals surface area (Å²) in [6.07, 6.45) is 7.98. The smallest absolute Gasteiger partial charge is 0.246 e. The average molecular weight is 393 g/mol. The number of halogens is 1. The van der Waals surface area contributed by atoms with Crippen LogP contribution in [0.1, 0.15) is 44.6 Å². The summed E-state index contributed by atoms with van der Waals surface area (Å²) in [6.45, 7) is 4.09. The van der Waals surface area contributed by atoms with Crippen LogP contribution in [0.3, 0.4) is 0 Å². The van der Waals surface area contributed by atoms with E-state index < -0.39 is 0 Å². The van der Waals surface area contributed by atoms with E-state index in [1.54, 1.807) is 42.4 Å². The van der Waals surface area contributed by atoms with E-state index >= 15 is 0 Å². The molecule has 5 nitrogen and oxygen atoms in total. The highest BCUT2D eigenvalue weighted by Gasteiger charge is 2.26. The number of carbonyl (C=O) groups excluding carboxylic acids is 2. The number of likely N-dealkylation sites (tertiary alicyclic amines) is 1. The van der Waals surface area contributed by atoms with Crippen molar-refractivity contribution < 1.29 is 14.3 Å². The van der Waals surface area contributed by atoms with Crippen molar-refractivity contribution in [2.45, 2.75) is 39.0 Å². The van der Waals surface area contributed by atoms with Crippen LogP contribution in [0.4, 0.5) is 0 Å². The second-order valence-electron chi connectivity index (χ2n) is 6.82. The summed E-state index contributed by atoms with van der Waals surface area (Å²) in [5.74, 6) is 0.742. The number of hydrogen-bond donors (Lipinski definition) is 1. The molecule has 1 heterocycles. The van der Waals surface area contributed by atoms with Crippen molar-refractivity contribution in [1.82, 2.24) is 10.2 Å². The molecular formula is C21H29ClN2O3. The quantitative estimate of drug-likeness (QED) is 0.539. The number of amides is 2. The maximum atomic E-state index is 12.4. The van der Waals surface area contributed by atoms with Gasteiger partial charge in [-0.05, 0) is 43.5 Å². The number of benzene rings is 1. The van der Waals surface area contributed by atoms with E-state index in [1.807, 2.05) is 0 Å². The molecule has 0 spiro atoms. The predicted octanol–water partition coefficient (Wildman–Crippen LogP) is 3.91. The molecule has 1 saturated heterocycles. The SMILES string of the molecule is CCCCCNC(=O)C1CCN(C(=O)/C=C/c2cc(Cl)ccc2OC)CC1. The first kappa shape index (κ1) is 21.3. The molecule has 2 amide bonds. The third-order valence-corrected chi connectivity index (χ3v) is 5.09. The number of hydrogen-bond acceptors (Lipinski definition) is 3. The molecule has 6 heteroatoms. The number of methoxy groups -OCH3 is 1. The summed E-state index contributed by atoms with van der Waals surface area (Å²) < 4.78 is 5.29. The van der Waals surface area contributed by atoms with E-state index in [9.17, 15) is 9.59 Å². The Labute approximate surface area is 166 Å². The lowest BCUT2D eigenvalue weighted by Gasteiger charge is -2.30. The number of carbonyl (C=O) groups is 2. The fourth-order valence-electron chi connectivity index (χ4n) is 3.19. The molecule has 1 N–H and O–H groups in total. The van der Waals surface area contributed by atoms with Gasteiger partial charge in [0.2, 0.25) is 11.8 Å². The Bertz CT molecular complexity index is 667. The largest absolute Gasteiger partial charge is 0.496 e. The standard InChI is InChI=1S/C21H29ClN2O3/c1-3-4-5-12-23-21(26)16-10-13-24(14-11-16)20(25)9-6-17-15-18(22)7-8-19(17)27-2/h6-9,15-16H,3-5,10-14H2,1-2H3,(H,23,26)/b9-6+. The van der Waals surface area contributed by atoms with E-state index in [4.69, 9.17) is 16.3 Å². The number of rotatable bonds is 8. The van der Waals surface area contributed by atoms with Crippen LogP contribution in [0.25, 0.3) is 6.08 Å². The van der Waals surface area contributed by atoms with Gasteiger partial charge in [0.1, 0.15) is 5.75 Å². The van der Waals surface area contributed by atoms with Crippen molar-refractivity contribution in [3.05, 3.63) is 34.9 Å². The molecule has 2 rings (SSSR count). The first-order valence-electron chi connectivity index (χ1n) is 9.63. The van der Waals surface area contributed by atoms with Gasteiger partial charge in [-0.1, -0.05) is 31.4 Å². The van der Waals surface area contributed by atoms with Gasteiger partial charge in [-0.25, -0.2) is 0 Å². The molecule has 0 radical (unpaired) electrons. The van der Waals surface area contributed by atoms with Gasteiger partial charge in [-0.2, -0.15) is 0 Å². The molecule has 1 aromatic rings. The average Bonchev–Trinajstić information content (AvgIpc) is 2.69. The fourth-order valence-corrected chi connectivity index (χ4v) is 3.38. The lowest BCUT2D eigenvalue weighted by molar-refractivity contribution is -0.132. The van der Waals surface area contributed by atoms with Crippen molar-refractivity contribution in [3.8, 4) is 5.75 Å². The summed E-state index contributed by atoms with van der Waals surface area (Å²) in [5.41, 5.74) is 0.764. The van der Waals surface area contributed by atoms with Crippen LogP contribution in [0.2, 0.25) is 5.02 Å². The zero-order valence-electron chi connectivity index (χ0n) is 16.2. The predicted molar refractivity (Wildman–Crippen MR) is 109 cm³/mol. The lowest BCUT2D eigenvalue weighted by Crippen LogP contribution is -2.42. The first-order chi connectivity index (χ1) is 13.0. The van der Waals surface area contributed by atoms with Crippen molar-refractivity contribution in [3.63, 3.8) is 0 Å². The summed E-state index contributed by atoms with van der Waals surface area (Å²) in [6, 6.07) is 5.29. The fraction of sp³-hybridized carbons (Fsp3) is 0.524. The minimum Gasteiger partial charge on any atom is -0.496 e. The van der Waals surface area contributed by atoms with E-state index in [0.29, 0.717) is 36.7 Å². The zero-order valence-corrected chi connectivity index (χ0v) is 16.9. The van der Waals surface area contributed by atoms with E-state index in [1.165, 1.54) is 0 Å². The van der Waals surface area contributed by atoms with Crippen LogP contribution >= 0.6 is 11.6 Å². The van der Waals surface area contributed by atoms with Gasteiger partial charge in [0.15, 0.2) is 0 Å². The highest BCUT2D eigenvalue weighted by Crippen LogP contribution is 2.24. The van der Waals surface area contributed by atoms with Crippen LogP contribution in [-0.2, 0) is 9.59 Å². The van der Waals surface area contributed by atoms with Gasteiger partial charge in [0, 0.05) is 42.2 Å². The monoisotopic (exact) mass is 392 g/mol. The van der Waals surface area contributed by atoms with Crippen molar-refractivity contribution in [2.75, 3.05) is 26.7 Å². The highest BCUT2D eigenvalue weighted by molar-refractivity contribution is 6.30. The summed E-state index contributed by atoms with van der Waals surface area (Å²) in [5, 5.41) is 3.60. The van der Waals surface area contributed by atoms with Crippen LogP contribution in [0, 0.1) is 5.92 Å². The molecule has 1 fully saturated rings. The Balaban J connectivity index is 1.83. The van der Waals surface area contributed by atoms with Gasteiger partial charge >= 0.3 is 0 Å². The summed E-state index contributed by atoms with van der Waals surface area (Å²) in [7, 11) is 1.58. The van der Waals surface area contributed by atoms with E-state index in [0.717, 1.165) is 31.4 Å². The maximum Gasteiger partial charge on any atom is 0.246 e. The Hall–Kier alpha value is -2.01. The molecular weight excluding hydrogens is 364 g/mol. The summed E-state index contributed by atoms with van der Waals surface area (Å²) in [4.78, 5) is 26.4. The van der Waals surface area contributed by atoms with Gasteiger partial charge in [-0.3, -0.25) is 9.59 Å². The molecule has 0 saturated carbocycles. The number of nitrogens with zero attached hydrogens (tertiary/aromatic N) is 1. The van der Waals surface area contributed by atoms with Crippen LogP contribution in [0.5, 0.6) is 5.75 Å². The highest BCUT2D eigenvalue weighted by atomic mass is 35.5. The molecule has 27 heavy (non-hydrogen) atoms. The molecule has 0 aliphatic carbocycles. The number of ether oxygens (including phenoxy) is 1. The third kappa shape index (κ3) is 6.58. The van der Waals surface area contributed by atoms with Crippen molar-refractivity contribution >= 4 is 29.5 Å². The molecule has 1 aliphatic rings. The second-order valence-corrected chi connectivity index (χ2v) is 7.25. The molecule has 0 bridgehead atoms. The van der Waals surface area contributed by atoms with Gasteiger partial charge in [0.25, 0.3) is 0 Å². The summed E-state index contributed by atoms with van der Waals surface area (Å²) >= 11 is 6.01. The van der Waals surface area contributed by atoms with Gasteiger partial charge in [0.05, 0.1) is 7.11 Å². The van der Waals surface area contributed by atoms with E-state index in [2.05, 4.69) is 12.2 Å². The molecule has 0 atom stereocenters. The normalized spacial score (nSPS) is 15.1. The Morgan fingerprint density at radius 3 is 2.70 bits per heavy atom. The number of nitrogens with one attached hydrogen (secondary N) is 1. The Kier molecular flexibility index (Phi) is 8.65. The molecule has 0 aromatic heterocycles. The van der Waals surface area contributed by atoms with Gasteiger partial charge in [-0.15, -0.1) is 0 Å². The van der Waals surface area contributed by atoms with Crippen molar-refractivity contribution in [1.29, 1.82) is 0 Å². The Morgan fingerprint density at radius 2 is 2.04 bits per heavy atom. The first-order valence-corrected chi connectivity index (χ1v) is 10.0. The van der Waals surface area contributed by atoms with Gasteiger partial charge < -0.3 is 15.0 Å². The minimum absolute atomic E-state index is 0.00711. The molecule has 0 unspecified atom stereocenters. The zero-order chi connectivity index (χ0) is 19.6. The minimum atomic E-state index is -0.0566. The van der Waals surface area contributed by atoms with Crippen molar-refractivity contribution in [2.24, 2.45) is 5.92 Å². The maximum absolute atomic E-state index is 12.4. The molecule has 1 aromatic carbocycles.